The number of aryl methyl sites for hydroxylation is 1. The molecule has 120 valence electrons. The molecule has 0 unspecified atom stereocenters. The first-order chi connectivity index (χ1) is 11.1. The van der Waals surface area contributed by atoms with Gasteiger partial charge in [-0.1, -0.05) is 6.92 Å². The third kappa shape index (κ3) is 2.90. The number of anilines is 1. The highest BCUT2D eigenvalue weighted by molar-refractivity contribution is 6.09. The fraction of sp³-hybridized carbons (Fsp3) is 0.312. The zero-order valence-corrected chi connectivity index (χ0v) is 12.8. The summed E-state index contributed by atoms with van der Waals surface area (Å²) in [5, 5.41) is 2.70. The van der Waals surface area contributed by atoms with E-state index in [-0.39, 0.29) is 11.5 Å². The van der Waals surface area contributed by atoms with Crippen LogP contribution in [0.25, 0.3) is 0 Å². The molecule has 0 fully saturated rings. The maximum Gasteiger partial charge on any atom is 0.277 e. The van der Waals surface area contributed by atoms with Crippen LogP contribution in [0.5, 0.6) is 11.5 Å². The van der Waals surface area contributed by atoms with Gasteiger partial charge >= 0.3 is 0 Å². The van der Waals surface area contributed by atoms with Crippen LogP contribution < -0.4 is 14.8 Å². The Balaban J connectivity index is 1.95. The lowest BCUT2D eigenvalue weighted by molar-refractivity contribution is 0.101. The fourth-order valence-corrected chi connectivity index (χ4v) is 2.37. The molecule has 2 heterocycles. The zero-order valence-electron chi connectivity index (χ0n) is 12.8. The van der Waals surface area contributed by atoms with Gasteiger partial charge in [0.05, 0.1) is 5.69 Å². The lowest BCUT2D eigenvalue weighted by Crippen LogP contribution is -2.19. The quantitative estimate of drug-likeness (QED) is 0.871. The molecule has 0 saturated heterocycles. The number of aromatic nitrogens is 1. The number of amides is 1. The van der Waals surface area contributed by atoms with Gasteiger partial charge < -0.3 is 19.2 Å². The fourth-order valence-electron chi connectivity index (χ4n) is 2.37. The predicted molar refractivity (Wildman–Crippen MR) is 81.3 cm³/mol. The third-order valence-electron chi connectivity index (χ3n) is 3.49. The molecule has 1 aliphatic heterocycles. The molecule has 7 heteroatoms. The number of fused-ring (bicyclic) bond motifs is 1. The molecular weight excluding hydrogens is 300 g/mol. The van der Waals surface area contributed by atoms with E-state index >= 15 is 0 Å². The Kier molecular flexibility index (Phi) is 4.01. The second kappa shape index (κ2) is 6.12. The van der Waals surface area contributed by atoms with Crippen molar-refractivity contribution in [3.63, 3.8) is 0 Å². The molecule has 0 atom stereocenters. The number of rotatable bonds is 4. The molecule has 23 heavy (non-hydrogen) atoms. The van der Waals surface area contributed by atoms with Gasteiger partial charge in [0.1, 0.15) is 19.0 Å². The number of ketones is 1. The van der Waals surface area contributed by atoms with Crippen molar-refractivity contribution in [3.8, 4) is 11.5 Å². The number of carbonyl (C=O) groups excluding carboxylic acids is 2. The topological polar surface area (TPSA) is 90.7 Å². The number of benzene rings is 1. The average molecular weight is 316 g/mol. The summed E-state index contributed by atoms with van der Waals surface area (Å²) in [4.78, 5) is 28.2. The molecule has 1 N–H and O–H groups in total. The summed E-state index contributed by atoms with van der Waals surface area (Å²) in [6.45, 7) is 4.13. The summed E-state index contributed by atoms with van der Waals surface area (Å²) in [5.74, 6) is 0.856. The van der Waals surface area contributed by atoms with Crippen LogP contribution in [0.1, 0.15) is 40.5 Å². The van der Waals surface area contributed by atoms with Crippen molar-refractivity contribution >= 4 is 17.4 Å². The summed E-state index contributed by atoms with van der Waals surface area (Å²) < 4.78 is 16.1. The monoisotopic (exact) mass is 316 g/mol. The second-order valence-corrected chi connectivity index (χ2v) is 5.03. The first kappa shape index (κ1) is 15.1. The highest BCUT2D eigenvalue weighted by Crippen LogP contribution is 2.36. The zero-order chi connectivity index (χ0) is 16.4. The van der Waals surface area contributed by atoms with E-state index in [0.29, 0.717) is 48.1 Å². The Labute approximate surface area is 132 Å². The van der Waals surface area contributed by atoms with E-state index in [0.717, 1.165) is 0 Å². The lowest BCUT2D eigenvalue weighted by atomic mass is 10.1. The van der Waals surface area contributed by atoms with Crippen molar-refractivity contribution in [2.75, 3.05) is 18.5 Å². The van der Waals surface area contributed by atoms with Gasteiger partial charge in [-0.05, 0) is 13.0 Å². The Morgan fingerprint density at radius 1 is 1.22 bits per heavy atom. The van der Waals surface area contributed by atoms with Crippen molar-refractivity contribution < 1.29 is 23.5 Å². The van der Waals surface area contributed by atoms with Gasteiger partial charge in [-0.15, -0.1) is 0 Å². The Morgan fingerprint density at radius 2 is 1.91 bits per heavy atom. The molecule has 0 radical (unpaired) electrons. The summed E-state index contributed by atoms with van der Waals surface area (Å²) in [7, 11) is 0. The summed E-state index contributed by atoms with van der Waals surface area (Å²) in [5.41, 5.74) is 0.915. The molecule has 2 aromatic rings. The number of hydrogen-bond donors (Lipinski definition) is 1. The molecule has 0 saturated carbocycles. The molecule has 0 spiro atoms. The molecule has 1 aromatic heterocycles. The number of nitrogens with zero attached hydrogens (tertiary/aromatic N) is 1. The minimum absolute atomic E-state index is 0.187. The van der Waals surface area contributed by atoms with E-state index in [1.165, 1.54) is 13.3 Å². The van der Waals surface area contributed by atoms with E-state index < -0.39 is 5.91 Å². The molecule has 0 bridgehead atoms. The van der Waals surface area contributed by atoms with Crippen LogP contribution in [0.15, 0.2) is 22.9 Å². The maximum absolute atomic E-state index is 12.4. The second-order valence-electron chi connectivity index (χ2n) is 5.03. The van der Waals surface area contributed by atoms with Crippen LogP contribution in [0.4, 0.5) is 5.69 Å². The van der Waals surface area contributed by atoms with Crippen molar-refractivity contribution in [1.82, 2.24) is 4.98 Å². The molecule has 1 aliphatic rings. The number of carbonyl (C=O) groups is 2. The maximum atomic E-state index is 12.4. The smallest absolute Gasteiger partial charge is 0.277 e. The van der Waals surface area contributed by atoms with Crippen LogP contribution in [0, 0.1) is 0 Å². The van der Waals surface area contributed by atoms with Crippen molar-refractivity contribution in [2.24, 2.45) is 0 Å². The molecule has 7 nitrogen and oxygen atoms in total. The van der Waals surface area contributed by atoms with Gasteiger partial charge in [0.25, 0.3) is 5.91 Å². The Hall–Kier alpha value is -2.83. The van der Waals surface area contributed by atoms with Gasteiger partial charge in [0, 0.05) is 18.1 Å². The minimum atomic E-state index is -0.435. The largest absolute Gasteiger partial charge is 0.486 e. The van der Waals surface area contributed by atoms with Crippen LogP contribution in [0.3, 0.4) is 0 Å². The van der Waals surface area contributed by atoms with E-state index in [9.17, 15) is 9.59 Å². The summed E-state index contributed by atoms with van der Waals surface area (Å²) in [6, 6.07) is 3.17. The van der Waals surface area contributed by atoms with E-state index in [4.69, 9.17) is 13.9 Å². The first-order valence-electron chi connectivity index (χ1n) is 7.28. The summed E-state index contributed by atoms with van der Waals surface area (Å²) in [6.07, 6.45) is 1.77. The van der Waals surface area contributed by atoms with Crippen LogP contribution >= 0.6 is 0 Å². The van der Waals surface area contributed by atoms with E-state index in [2.05, 4.69) is 10.3 Å². The van der Waals surface area contributed by atoms with Gasteiger partial charge in [0.2, 0.25) is 0 Å². The lowest BCUT2D eigenvalue weighted by Gasteiger charge is -2.20. The van der Waals surface area contributed by atoms with Gasteiger partial charge in [-0.3, -0.25) is 9.59 Å². The number of nitrogens with one attached hydrogen (secondary N) is 1. The van der Waals surface area contributed by atoms with Crippen LogP contribution in [-0.4, -0.2) is 29.9 Å². The van der Waals surface area contributed by atoms with Gasteiger partial charge in [-0.25, -0.2) is 4.98 Å². The highest BCUT2D eigenvalue weighted by Gasteiger charge is 2.21. The van der Waals surface area contributed by atoms with E-state index in [1.54, 1.807) is 12.1 Å². The number of Topliss-reactive ketones (excluding diaryl/α,β-unsaturated/α-hetero) is 1. The van der Waals surface area contributed by atoms with Crippen molar-refractivity contribution in [1.29, 1.82) is 0 Å². The minimum Gasteiger partial charge on any atom is -0.486 e. The van der Waals surface area contributed by atoms with Crippen LogP contribution in [-0.2, 0) is 6.42 Å². The first-order valence-corrected chi connectivity index (χ1v) is 7.28. The number of ether oxygens (including phenoxy) is 2. The Morgan fingerprint density at radius 3 is 2.57 bits per heavy atom. The molecular formula is C16H16N2O5. The van der Waals surface area contributed by atoms with Crippen molar-refractivity contribution in [3.05, 3.63) is 35.5 Å². The van der Waals surface area contributed by atoms with Gasteiger partial charge in [-0.2, -0.15) is 0 Å². The van der Waals surface area contributed by atoms with Gasteiger partial charge in [0.15, 0.2) is 29.4 Å². The normalized spacial score (nSPS) is 12.8. The predicted octanol–water partition coefficient (Wildman–Crippen LogP) is 2.46. The van der Waals surface area contributed by atoms with E-state index in [1.807, 2.05) is 6.92 Å². The molecule has 0 aliphatic carbocycles. The molecule has 3 rings (SSSR count). The molecule has 1 aromatic carbocycles. The Bertz CT molecular complexity index is 766. The SMILES string of the molecule is CCc1ocnc1C(=O)Nc1cc2c(cc1C(C)=O)OCCO2. The van der Waals surface area contributed by atoms with Crippen molar-refractivity contribution in [2.45, 2.75) is 20.3 Å². The number of oxazole rings is 1. The molecule has 1 amide bonds. The highest BCUT2D eigenvalue weighted by atomic mass is 16.6. The average Bonchev–Trinajstić information content (AvgIpc) is 3.02. The summed E-state index contributed by atoms with van der Waals surface area (Å²) >= 11 is 0. The standard InChI is InChI=1S/C16H16N2O5/c1-3-12-15(17-8-23-12)16(20)18-11-7-14-13(21-4-5-22-14)6-10(11)9(2)19/h6-8H,3-5H2,1-2H3,(H,18,20). The number of hydrogen-bond acceptors (Lipinski definition) is 6. The van der Waals surface area contributed by atoms with Crippen LogP contribution in [0.2, 0.25) is 0 Å². The third-order valence-corrected chi connectivity index (χ3v) is 3.49.